The molecule has 0 aliphatic rings. The summed E-state index contributed by atoms with van der Waals surface area (Å²) in [5.41, 5.74) is -0.407. The van der Waals surface area contributed by atoms with Crippen LogP contribution in [-0.2, 0) is 19.2 Å². The minimum atomic E-state index is -0.841. The van der Waals surface area contributed by atoms with Crippen molar-refractivity contribution in [3.63, 3.8) is 0 Å². The van der Waals surface area contributed by atoms with Crippen LogP contribution in [0.3, 0.4) is 0 Å². The molecule has 0 fully saturated rings. The summed E-state index contributed by atoms with van der Waals surface area (Å²) < 4.78 is 4.34. The van der Waals surface area contributed by atoms with Crippen LogP contribution in [-0.4, -0.2) is 37.1 Å². The first kappa shape index (κ1) is 12.9. The average Bonchev–Trinajstić information content (AvgIpc) is 2.22. The van der Waals surface area contributed by atoms with Gasteiger partial charge >= 0.3 is 5.97 Å². The van der Waals surface area contributed by atoms with Gasteiger partial charge < -0.3 is 9.57 Å². The standard InChI is InChI=1S/C8H12ClNO4/c1-3-4-14-10-7(6(11)5-9)8(12)13-2/h3-5H2,1-2H3. The zero-order chi connectivity index (χ0) is 11.0. The molecule has 0 atom stereocenters. The van der Waals surface area contributed by atoms with Crippen molar-refractivity contribution in [1.82, 2.24) is 0 Å². The summed E-state index contributed by atoms with van der Waals surface area (Å²) in [5.74, 6) is -1.79. The van der Waals surface area contributed by atoms with Crippen LogP contribution < -0.4 is 0 Å². The first-order chi connectivity index (χ1) is 6.67. The number of oxime groups is 1. The number of nitrogens with zero attached hydrogens (tertiary/aromatic N) is 1. The minimum absolute atomic E-state index is 0.329. The number of ketones is 1. The quantitative estimate of drug-likeness (QED) is 0.166. The zero-order valence-electron chi connectivity index (χ0n) is 8.08. The third-order valence-corrected chi connectivity index (χ3v) is 1.46. The number of alkyl halides is 1. The number of ether oxygens (including phenoxy) is 1. The van der Waals surface area contributed by atoms with E-state index >= 15 is 0 Å². The average molecular weight is 222 g/mol. The van der Waals surface area contributed by atoms with Gasteiger partial charge in [-0.3, -0.25) is 4.79 Å². The van der Waals surface area contributed by atoms with E-state index in [0.29, 0.717) is 6.61 Å². The maximum atomic E-state index is 11.1. The highest BCUT2D eigenvalue weighted by Crippen LogP contribution is 1.92. The van der Waals surface area contributed by atoms with Crippen LogP contribution in [0.2, 0.25) is 0 Å². The lowest BCUT2D eigenvalue weighted by Gasteiger charge is -2.01. The molecule has 0 saturated heterocycles. The lowest BCUT2D eigenvalue weighted by Crippen LogP contribution is -2.26. The van der Waals surface area contributed by atoms with Crippen LogP contribution in [0.25, 0.3) is 0 Å². The molecule has 0 amide bonds. The SMILES string of the molecule is CCCON=C(C(=O)CCl)C(=O)OC. The molecule has 0 aliphatic carbocycles. The first-order valence-electron chi connectivity index (χ1n) is 4.04. The Morgan fingerprint density at radius 2 is 2.07 bits per heavy atom. The van der Waals surface area contributed by atoms with Crippen molar-refractivity contribution >= 4 is 29.1 Å². The second kappa shape index (κ2) is 7.32. The van der Waals surface area contributed by atoms with Gasteiger partial charge in [-0.05, 0) is 6.42 Å². The Bertz CT molecular complexity index is 221. The molecule has 80 valence electrons. The van der Waals surface area contributed by atoms with Gasteiger partial charge in [0.15, 0.2) is 0 Å². The highest BCUT2D eigenvalue weighted by atomic mass is 35.5. The lowest BCUT2D eigenvalue weighted by molar-refractivity contribution is -0.133. The van der Waals surface area contributed by atoms with Crippen molar-refractivity contribution in [2.45, 2.75) is 13.3 Å². The Kier molecular flexibility index (Phi) is 6.74. The summed E-state index contributed by atoms with van der Waals surface area (Å²) in [6.45, 7) is 2.20. The molecule has 0 aliphatic heterocycles. The number of rotatable bonds is 6. The van der Waals surface area contributed by atoms with Gasteiger partial charge in [-0.15, -0.1) is 11.6 Å². The van der Waals surface area contributed by atoms with Crippen molar-refractivity contribution in [1.29, 1.82) is 0 Å². The normalized spacial score (nSPS) is 10.9. The van der Waals surface area contributed by atoms with Gasteiger partial charge in [-0.2, -0.15) is 0 Å². The van der Waals surface area contributed by atoms with E-state index in [0.717, 1.165) is 13.5 Å². The van der Waals surface area contributed by atoms with Crippen molar-refractivity contribution < 1.29 is 19.2 Å². The summed E-state index contributed by atoms with van der Waals surface area (Å²) in [6.07, 6.45) is 0.729. The molecule has 5 nitrogen and oxygen atoms in total. The molecule has 0 bridgehead atoms. The van der Waals surface area contributed by atoms with Crippen LogP contribution in [0.1, 0.15) is 13.3 Å². The van der Waals surface area contributed by atoms with E-state index in [9.17, 15) is 9.59 Å². The Morgan fingerprint density at radius 3 is 2.50 bits per heavy atom. The van der Waals surface area contributed by atoms with Crippen molar-refractivity contribution in [3.8, 4) is 0 Å². The predicted octanol–water partition coefficient (Wildman–Crippen LogP) is 0.750. The number of methoxy groups -OCH3 is 1. The van der Waals surface area contributed by atoms with Gasteiger partial charge in [0.1, 0.15) is 6.61 Å². The molecule has 0 aromatic rings. The van der Waals surface area contributed by atoms with Gasteiger partial charge in [-0.1, -0.05) is 12.1 Å². The second-order valence-corrected chi connectivity index (χ2v) is 2.59. The van der Waals surface area contributed by atoms with Crippen LogP contribution in [0, 0.1) is 0 Å². The second-order valence-electron chi connectivity index (χ2n) is 2.32. The molecule has 0 aromatic carbocycles. The highest BCUT2D eigenvalue weighted by Gasteiger charge is 2.21. The van der Waals surface area contributed by atoms with E-state index < -0.39 is 17.5 Å². The summed E-state index contributed by atoms with van der Waals surface area (Å²) in [5, 5.41) is 3.36. The fourth-order valence-corrected chi connectivity index (χ4v) is 0.690. The molecule has 0 aromatic heterocycles. The fourth-order valence-electron chi connectivity index (χ4n) is 0.563. The number of halogens is 1. The van der Waals surface area contributed by atoms with Crippen LogP contribution in [0.15, 0.2) is 5.16 Å². The Morgan fingerprint density at radius 1 is 1.43 bits per heavy atom. The zero-order valence-corrected chi connectivity index (χ0v) is 8.84. The topological polar surface area (TPSA) is 65.0 Å². The van der Waals surface area contributed by atoms with E-state index in [1.165, 1.54) is 0 Å². The first-order valence-corrected chi connectivity index (χ1v) is 4.58. The third-order valence-electron chi connectivity index (χ3n) is 1.22. The number of Topliss-reactive ketones (excluding diaryl/α,β-unsaturated/α-hetero) is 1. The summed E-state index contributed by atoms with van der Waals surface area (Å²) >= 11 is 5.27. The Hall–Kier alpha value is -1.10. The van der Waals surface area contributed by atoms with E-state index in [4.69, 9.17) is 16.4 Å². The number of carbonyl (C=O) groups excluding carboxylic acids is 2. The van der Waals surface area contributed by atoms with E-state index in [1.54, 1.807) is 0 Å². The fraction of sp³-hybridized carbons (Fsp3) is 0.625. The molecule has 14 heavy (non-hydrogen) atoms. The largest absolute Gasteiger partial charge is 0.464 e. The van der Waals surface area contributed by atoms with Gasteiger partial charge in [0.2, 0.25) is 11.5 Å². The smallest absolute Gasteiger partial charge is 0.363 e. The van der Waals surface area contributed by atoms with Gasteiger partial charge in [-0.25, -0.2) is 4.79 Å². The molecule has 6 heteroatoms. The summed E-state index contributed by atoms with van der Waals surface area (Å²) in [7, 11) is 1.15. The molecule has 0 unspecified atom stereocenters. The van der Waals surface area contributed by atoms with Crippen LogP contribution in [0.4, 0.5) is 0 Å². The Labute approximate surface area is 87.0 Å². The summed E-state index contributed by atoms with van der Waals surface area (Å²) in [4.78, 5) is 26.8. The molecule has 0 spiro atoms. The highest BCUT2D eigenvalue weighted by molar-refractivity contribution is 6.67. The summed E-state index contributed by atoms with van der Waals surface area (Å²) in [6, 6.07) is 0. The number of esters is 1. The van der Waals surface area contributed by atoms with Crippen LogP contribution >= 0.6 is 11.6 Å². The number of hydrogen-bond acceptors (Lipinski definition) is 5. The molecular weight excluding hydrogens is 210 g/mol. The molecule has 0 radical (unpaired) electrons. The number of hydrogen-bond donors (Lipinski definition) is 0. The molecule has 0 heterocycles. The van der Waals surface area contributed by atoms with Crippen molar-refractivity contribution in [2.75, 3.05) is 19.6 Å². The lowest BCUT2D eigenvalue weighted by atomic mass is 10.3. The number of carbonyl (C=O) groups is 2. The Balaban J connectivity index is 4.46. The van der Waals surface area contributed by atoms with E-state index in [1.807, 2.05) is 6.92 Å². The van der Waals surface area contributed by atoms with Crippen molar-refractivity contribution in [2.24, 2.45) is 5.16 Å². The van der Waals surface area contributed by atoms with Crippen molar-refractivity contribution in [3.05, 3.63) is 0 Å². The van der Waals surface area contributed by atoms with E-state index in [2.05, 4.69) is 9.89 Å². The monoisotopic (exact) mass is 221 g/mol. The maximum absolute atomic E-state index is 11.1. The van der Waals surface area contributed by atoms with Gasteiger partial charge in [0.25, 0.3) is 0 Å². The predicted molar refractivity (Wildman–Crippen MR) is 51.4 cm³/mol. The molecule has 0 N–H and O–H groups in total. The van der Waals surface area contributed by atoms with E-state index in [-0.39, 0.29) is 5.88 Å². The minimum Gasteiger partial charge on any atom is -0.464 e. The molecular formula is C8H12ClNO4. The van der Waals surface area contributed by atoms with Gasteiger partial charge in [0.05, 0.1) is 13.0 Å². The molecule has 0 rings (SSSR count). The van der Waals surface area contributed by atoms with Gasteiger partial charge in [0, 0.05) is 0 Å². The maximum Gasteiger partial charge on any atom is 0.363 e. The molecule has 0 saturated carbocycles. The third kappa shape index (κ3) is 4.23. The van der Waals surface area contributed by atoms with Crippen LogP contribution in [0.5, 0.6) is 0 Å².